The Morgan fingerprint density at radius 3 is 2.60 bits per heavy atom. The van der Waals surface area contributed by atoms with Gasteiger partial charge in [-0.3, -0.25) is 23.5 Å². The molecule has 2 rings (SSSR count). The van der Waals surface area contributed by atoms with Gasteiger partial charge in [0.1, 0.15) is 10.8 Å². The Bertz CT molecular complexity index is 1210. The molecule has 0 aliphatic rings. The van der Waals surface area contributed by atoms with E-state index in [0.717, 1.165) is 15.2 Å². The second-order valence-electron chi connectivity index (χ2n) is 6.05. The fourth-order valence-corrected chi connectivity index (χ4v) is 2.70. The smallest absolute Gasteiger partial charge is 0.315 e. The summed E-state index contributed by atoms with van der Waals surface area (Å²) in [4.78, 5) is 49.4. The molecule has 0 fully saturated rings. The zero-order valence-corrected chi connectivity index (χ0v) is 17.2. The summed E-state index contributed by atoms with van der Waals surface area (Å²) >= 11 is 6.17. The third-order valence-corrected chi connectivity index (χ3v) is 4.51. The fourth-order valence-electron chi connectivity index (χ4n) is 2.44. The molecule has 0 saturated carbocycles. The Morgan fingerprint density at radius 2 is 1.97 bits per heavy atom. The van der Waals surface area contributed by atoms with Gasteiger partial charge in [0, 0.05) is 25.3 Å². The van der Waals surface area contributed by atoms with Gasteiger partial charge in [0.2, 0.25) is 11.8 Å². The zero-order valence-electron chi connectivity index (χ0n) is 16.4. The molecule has 0 spiro atoms. The number of nitrogens with zero attached hydrogens (tertiary/aromatic N) is 3. The molecule has 0 atom stereocenters. The van der Waals surface area contributed by atoms with Gasteiger partial charge < -0.3 is 10.2 Å². The molecule has 8 nitrogen and oxygen atoms in total. The number of amides is 2. The van der Waals surface area contributed by atoms with Gasteiger partial charge >= 0.3 is 5.69 Å². The first kappa shape index (κ1) is 22.5. The highest BCUT2D eigenvalue weighted by molar-refractivity contribution is 6.32. The Balaban J connectivity index is 2.39. The predicted octanol–water partition coefficient (Wildman–Crippen LogP) is 1.53. The lowest BCUT2D eigenvalue weighted by molar-refractivity contribution is -0.114. The van der Waals surface area contributed by atoms with Crippen LogP contribution in [-0.2, 0) is 23.2 Å². The average molecular weight is 427 g/mol. The number of carbonyl (C=O) groups is 2. The molecule has 1 heterocycles. The van der Waals surface area contributed by atoms with Crippen LogP contribution >= 0.6 is 11.6 Å². The van der Waals surface area contributed by atoms with Crippen molar-refractivity contribution in [2.24, 2.45) is 7.05 Å². The third-order valence-electron chi connectivity index (χ3n) is 4.12. The molecule has 154 valence electrons. The number of halogens is 1. The summed E-state index contributed by atoms with van der Waals surface area (Å²) in [5.74, 6) is 4.78. The van der Waals surface area contributed by atoms with Crippen LogP contribution in [0.1, 0.15) is 5.56 Å². The quantitative estimate of drug-likeness (QED) is 0.445. The number of rotatable bonds is 5. The maximum absolute atomic E-state index is 12.4. The molecule has 0 aliphatic heterocycles. The molecule has 0 bridgehead atoms. The Labute approximate surface area is 177 Å². The standard InChI is InChI=1S/C21H19ClN4O4/c1-5-16(27)23-18-19(22)26(21(30)25(4)20(18)29)12-8-10-14-9-7-11-15(13-14)24(3)17(28)6-2/h5-7,9,11,13H,1-2,12H2,3-4H3,(H,23,27). The van der Waals surface area contributed by atoms with Crippen LogP contribution in [0.4, 0.5) is 11.4 Å². The maximum Gasteiger partial charge on any atom is 0.332 e. The molecule has 1 aromatic carbocycles. The van der Waals surface area contributed by atoms with Crippen LogP contribution in [0.3, 0.4) is 0 Å². The van der Waals surface area contributed by atoms with Crippen molar-refractivity contribution >= 4 is 34.8 Å². The Kier molecular flexibility index (Phi) is 7.17. The van der Waals surface area contributed by atoms with Crippen molar-refractivity contribution in [3.63, 3.8) is 0 Å². The number of aromatic nitrogens is 2. The minimum absolute atomic E-state index is 0.131. The minimum atomic E-state index is -0.743. The van der Waals surface area contributed by atoms with Crippen molar-refractivity contribution in [1.29, 1.82) is 0 Å². The topological polar surface area (TPSA) is 93.4 Å². The summed E-state index contributed by atoms with van der Waals surface area (Å²) in [5, 5.41) is 2.07. The van der Waals surface area contributed by atoms with Crippen LogP contribution in [0.5, 0.6) is 0 Å². The van der Waals surface area contributed by atoms with Gasteiger partial charge in [0.25, 0.3) is 5.56 Å². The molecular weight excluding hydrogens is 408 g/mol. The van der Waals surface area contributed by atoms with E-state index in [4.69, 9.17) is 11.6 Å². The summed E-state index contributed by atoms with van der Waals surface area (Å²) in [6.45, 7) is 6.64. The largest absolute Gasteiger partial charge is 0.332 e. The third kappa shape index (κ3) is 4.77. The van der Waals surface area contributed by atoms with E-state index in [0.29, 0.717) is 11.3 Å². The van der Waals surface area contributed by atoms with E-state index in [1.165, 1.54) is 18.0 Å². The van der Waals surface area contributed by atoms with Gasteiger partial charge in [0.05, 0.1) is 6.54 Å². The van der Waals surface area contributed by atoms with E-state index in [2.05, 4.69) is 30.3 Å². The minimum Gasteiger partial charge on any atom is -0.315 e. The monoisotopic (exact) mass is 426 g/mol. The van der Waals surface area contributed by atoms with Crippen LogP contribution in [0.15, 0.2) is 59.2 Å². The molecule has 0 unspecified atom stereocenters. The normalized spacial score (nSPS) is 9.83. The lowest BCUT2D eigenvalue weighted by Gasteiger charge is -2.15. The summed E-state index contributed by atoms with van der Waals surface area (Å²) < 4.78 is 1.88. The summed E-state index contributed by atoms with van der Waals surface area (Å²) in [5.41, 5.74) is -0.436. The van der Waals surface area contributed by atoms with Crippen LogP contribution in [0, 0.1) is 11.8 Å². The lowest BCUT2D eigenvalue weighted by atomic mass is 10.2. The van der Waals surface area contributed by atoms with Gasteiger partial charge in [-0.05, 0) is 30.4 Å². The van der Waals surface area contributed by atoms with Crippen molar-refractivity contribution in [1.82, 2.24) is 9.13 Å². The maximum atomic E-state index is 12.4. The van der Waals surface area contributed by atoms with Crippen LogP contribution in [0.2, 0.25) is 5.15 Å². The SMILES string of the molecule is C=CC(=O)Nc1c(Cl)n(CC#Cc2cccc(N(C)C(=O)C=C)c2)c(=O)n(C)c1=O. The summed E-state index contributed by atoms with van der Waals surface area (Å²) in [6, 6.07) is 6.93. The molecular formula is C21H19ClN4O4. The molecule has 0 aliphatic carbocycles. The molecule has 0 radical (unpaired) electrons. The highest BCUT2D eigenvalue weighted by atomic mass is 35.5. The summed E-state index contributed by atoms with van der Waals surface area (Å²) in [7, 11) is 2.88. The van der Waals surface area contributed by atoms with E-state index in [1.807, 2.05) is 0 Å². The van der Waals surface area contributed by atoms with Crippen molar-refractivity contribution in [2.75, 3.05) is 17.3 Å². The zero-order chi connectivity index (χ0) is 22.4. The lowest BCUT2D eigenvalue weighted by Crippen LogP contribution is -2.40. The highest BCUT2D eigenvalue weighted by Gasteiger charge is 2.16. The highest BCUT2D eigenvalue weighted by Crippen LogP contribution is 2.16. The number of carbonyl (C=O) groups excluding carboxylic acids is 2. The number of likely N-dealkylation sites (N-methyl/N-ethyl adjacent to an activating group) is 1. The van der Waals surface area contributed by atoms with Gasteiger partial charge in [-0.25, -0.2) is 4.79 Å². The van der Waals surface area contributed by atoms with E-state index in [1.54, 1.807) is 31.3 Å². The molecule has 0 saturated heterocycles. The first-order chi connectivity index (χ1) is 14.2. The van der Waals surface area contributed by atoms with Crippen LogP contribution in [-0.4, -0.2) is 28.0 Å². The van der Waals surface area contributed by atoms with Gasteiger partial charge in [-0.2, -0.15) is 0 Å². The van der Waals surface area contributed by atoms with E-state index in [9.17, 15) is 19.2 Å². The molecule has 1 aromatic heterocycles. The first-order valence-corrected chi connectivity index (χ1v) is 9.00. The van der Waals surface area contributed by atoms with Crippen LogP contribution < -0.4 is 21.5 Å². The Morgan fingerprint density at radius 1 is 1.27 bits per heavy atom. The molecule has 1 N–H and O–H groups in total. The van der Waals surface area contributed by atoms with Gasteiger partial charge in [-0.1, -0.05) is 42.7 Å². The Hall–Kier alpha value is -3.83. The predicted molar refractivity (Wildman–Crippen MR) is 117 cm³/mol. The van der Waals surface area contributed by atoms with Crippen molar-refractivity contribution in [2.45, 2.75) is 6.54 Å². The van der Waals surface area contributed by atoms with E-state index in [-0.39, 0.29) is 23.3 Å². The van der Waals surface area contributed by atoms with Crippen LogP contribution in [0.25, 0.3) is 0 Å². The molecule has 2 amide bonds. The molecule has 2 aromatic rings. The first-order valence-electron chi connectivity index (χ1n) is 8.63. The number of anilines is 2. The van der Waals surface area contributed by atoms with E-state index < -0.39 is 17.2 Å². The number of benzene rings is 1. The summed E-state index contributed by atoms with van der Waals surface area (Å²) in [6.07, 6.45) is 2.18. The number of hydrogen-bond acceptors (Lipinski definition) is 4. The number of hydrogen-bond donors (Lipinski definition) is 1. The second-order valence-corrected chi connectivity index (χ2v) is 6.40. The fraction of sp³-hybridized carbons (Fsp3) is 0.143. The van der Waals surface area contributed by atoms with Crippen molar-refractivity contribution in [3.8, 4) is 11.8 Å². The van der Waals surface area contributed by atoms with Crippen molar-refractivity contribution in [3.05, 3.63) is 81.1 Å². The van der Waals surface area contributed by atoms with E-state index >= 15 is 0 Å². The van der Waals surface area contributed by atoms with Crippen molar-refractivity contribution < 1.29 is 9.59 Å². The molecule has 30 heavy (non-hydrogen) atoms. The molecule has 9 heteroatoms. The average Bonchev–Trinajstić information content (AvgIpc) is 2.76. The second kappa shape index (κ2) is 9.58. The van der Waals surface area contributed by atoms with Gasteiger partial charge in [-0.15, -0.1) is 0 Å². The number of nitrogens with one attached hydrogen (secondary N) is 1. The van der Waals surface area contributed by atoms with Gasteiger partial charge in [0.15, 0.2) is 0 Å².